The van der Waals surface area contributed by atoms with E-state index in [0.717, 1.165) is 0 Å². The summed E-state index contributed by atoms with van der Waals surface area (Å²) in [5.41, 5.74) is 1.21. The lowest BCUT2D eigenvalue weighted by atomic mass is 9.94. The van der Waals surface area contributed by atoms with Gasteiger partial charge in [-0.05, 0) is 43.2 Å². The minimum absolute atomic E-state index is 0.176. The molecule has 1 saturated heterocycles. The fraction of sp³-hybridized carbons (Fsp3) is 0.286. The minimum Gasteiger partial charge on any atom is -0.469 e. The molecule has 6 heteroatoms. The molecule has 0 atom stereocenters. The van der Waals surface area contributed by atoms with E-state index in [0.29, 0.717) is 47.6 Å². The highest BCUT2D eigenvalue weighted by Gasteiger charge is 2.29. The lowest BCUT2D eigenvalue weighted by molar-refractivity contribution is -0.146. The highest BCUT2D eigenvalue weighted by molar-refractivity contribution is 6.30. The van der Waals surface area contributed by atoms with Gasteiger partial charge in [0.15, 0.2) is 5.78 Å². The molecule has 1 fully saturated rings. The summed E-state index contributed by atoms with van der Waals surface area (Å²) in [5.74, 6) is -0.832. The Morgan fingerprint density at radius 3 is 2.15 bits per heavy atom. The summed E-state index contributed by atoms with van der Waals surface area (Å²) in [7, 11) is 1.37. The first-order valence-electron chi connectivity index (χ1n) is 8.77. The Labute approximate surface area is 162 Å². The Balaban J connectivity index is 1.79. The molecule has 0 aliphatic carbocycles. The lowest BCUT2D eigenvalue weighted by Crippen LogP contribution is -2.41. The van der Waals surface area contributed by atoms with Gasteiger partial charge in [-0.1, -0.05) is 29.8 Å². The van der Waals surface area contributed by atoms with E-state index in [2.05, 4.69) is 0 Å². The van der Waals surface area contributed by atoms with Gasteiger partial charge >= 0.3 is 5.97 Å². The maximum atomic E-state index is 13.0. The van der Waals surface area contributed by atoms with Crippen molar-refractivity contribution in [3.63, 3.8) is 0 Å². The maximum Gasteiger partial charge on any atom is 0.308 e. The van der Waals surface area contributed by atoms with E-state index in [4.69, 9.17) is 16.3 Å². The van der Waals surface area contributed by atoms with Crippen molar-refractivity contribution in [1.82, 2.24) is 4.90 Å². The lowest BCUT2D eigenvalue weighted by Gasteiger charge is -2.31. The molecular formula is C21H20ClNO4. The Hall–Kier alpha value is -2.66. The number of piperidine rings is 1. The third-order valence-corrected chi connectivity index (χ3v) is 5.08. The zero-order valence-electron chi connectivity index (χ0n) is 15.0. The summed E-state index contributed by atoms with van der Waals surface area (Å²) in [4.78, 5) is 39.2. The fourth-order valence-electron chi connectivity index (χ4n) is 3.28. The zero-order chi connectivity index (χ0) is 19.4. The molecule has 0 bridgehead atoms. The number of methoxy groups -OCH3 is 1. The third-order valence-electron chi connectivity index (χ3n) is 4.83. The van der Waals surface area contributed by atoms with Crippen LogP contribution in [-0.4, -0.2) is 42.8 Å². The number of ether oxygens (including phenoxy) is 1. The van der Waals surface area contributed by atoms with Crippen molar-refractivity contribution in [1.29, 1.82) is 0 Å². The summed E-state index contributed by atoms with van der Waals surface area (Å²) in [6, 6.07) is 13.4. The van der Waals surface area contributed by atoms with Crippen LogP contribution in [-0.2, 0) is 9.53 Å². The van der Waals surface area contributed by atoms with E-state index in [1.54, 1.807) is 53.4 Å². The second-order valence-electron chi connectivity index (χ2n) is 6.47. The van der Waals surface area contributed by atoms with Crippen molar-refractivity contribution in [2.45, 2.75) is 12.8 Å². The molecule has 27 heavy (non-hydrogen) atoms. The SMILES string of the molecule is COC(=O)C1CCN(C(=O)c2ccccc2C(=O)c2ccc(Cl)cc2)CC1. The van der Waals surface area contributed by atoms with Crippen molar-refractivity contribution in [2.75, 3.05) is 20.2 Å². The Morgan fingerprint density at radius 2 is 1.56 bits per heavy atom. The van der Waals surface area contributed by atoms with Crippen molar-refractivity contribution < 1.29 is 19.1 Å². The second-order valence-corrected chi connectivity index (χ2v) is 6.91. The van der Waals surface area contributed by atoms with E-state index < -0.39 is 0 Å². The topological polar surface area (TPSA) is 63.7 Å². The smallest absolute Gasteiger partial charge is 0.308 e. The highest BCUT2D eigenvalue weighted by Crippen LogP contribution is 2.23. The van der Waals surface area contributed by atoms with Crippen LogP contribution < -0.4 is 0 Å². The molecule has 3 rings (SSSR count). The first kappa shape index (κ1) is 19.1. The second kappa shape index (κ2) is 8.35. The van der Waals surface area contributed by atoms with Gasteiger partial charge < -0.3 is 9.64 Å². The molecule has 140 valence electrons. The van der Waals surface area contributed by atoms with E-state index in [-0.39, 0.29) is 23.6 Å². The third kappa shape index (κ3) is 4.19. The minimum atomic E-state index is -0.236. The summed E-state index contributed by atoms with van der Waals surface area (Å²) < 4.78 is 4.78. The predicted octanol–water partition coefficient (Wildman–Crippen LogP) is 3.60. The van der Waals surface area contributed by atoms with Crippen LogP contribution in [0.3, 0.4) is 0 Å². The van der Waals surface area contributed by atoms with Crippen LogP contribution in [0.15, 0.2) is 48.5 Å². The van der Waals surface area contributed by atoms with Crippen LogP contribution in [0.25, 0.3) is 0 Å². The van der Waals surface area contributed by atoms with Gasteiger partial charge in [-0.25, -0.2) is 0 Å². The first-order valence-corrected chi connectivity index (χ1v) is 9.15. The van der Waals surface area contributed by atoms with Crippen molar-refractivity contribution >= 4 is 29.3 Å². The zero-order valence-corrected chi connectivity index (χ0v) is 15.7. The van der Waals surface area contributed by atoms with Crippen LogP contribution in [0, 0.1) is 5.92 Å². The number of nitrogens with zero attached hydrogens (tertiary/aromatic N) is 1. The van der Waals surface area contributed by atoms with Crippen molar-refractivity contribution in [2.24, 2.45) is 5.92 Å². The average molecular weight is 386 g/mol. The van der Waals surface area contributed by atoms with Gasteiger partial charge in [0.25, 0.3) is 5.91 Å². The largest absolute Gasteiger partial charge is 0.469 e. The van der Waals surface area contributed by atoms with Gasteiger partial charge in [0.2, 0.25) is 0 Å². The van der Waals surface area contributed by atoms with Gasteiger partial charge in [-0.15, -0.1) is 0 Å². The number of halogens is 1. The van der Waals surface area contributed by atoms with Gasteiger partial charge in [0, 0.05) is 29.2 Å². The molecule has 1 aliphatic heterocycles. The molecule has 1 amide bonds. The van der Waals surface area contributed by atoms with Gasteiger partial charge in [-0.3, -0.25) is 14.4 Å². The Bertz CT molecular complexity index is 855. The van der Waals surface area contributed by atoms with Crippen LogP contribution in [0.2, 0.25) is 5.02 Å². The normalized spacial score (nSPS) is 14.7. The standard InChI is InChI=1S/C21H20ClNO4/c1-27-21(26)15-10-12-23(13-11-15)20(25)18-5-3-2-4-17(18)19(24)14-6-8-16(22)9-7-14/h2-9,15H,10-13H2,1H3. The maximum absolute atomic E-state index is 13.0. The highest BCUT2D eigenvalue weighted by atomic mass is 35.5. The van der Waals surface area contributed by atoms with E-state index >= 15 is 0 Å². The van der Waals surface area contributed by atoms with E-state index in [1.807, 2.05) is 0 Å². The monoisotopic (exact) mass is 385 g/mol. The number of esters is 1. The predicted molar refractivity (Wildman–Crippen MR) is 102 cm³/mol. The Morgan fingerprint density at radius 1 is 0.963 bits per heavy atom. The van der Waals surface area contributed by atoms with Gasteiger partial charge in [0.1, 0.15) is 0 Å². The van der Waals surface area contributed by atoms with Crippen LogP contribution in [0.1, 0.15) is 39.1 Å². The Kier molecular flexibility index (Phi) is 5.91. The number of likely N-dealkylation sites (tertiary alicyclic amines) is 1. The van der Waals surface area contributed by atoms with Crippen LogP contribution in [0.5, 0.6) is 0 Å². The molecule has 0 N–H and O–H groups in total. The van der Waals surface area contributed by atoms with Crippen LogP contribution in [0.4, 0.5) is 0 Å². The number of hydrogen-bond acceptors (Lipinski definition) is 4. The molecule has 0 saturated carbocycles. The number of rotatable bonds is 4. The van der Waals surface area contributed by atoms with Gasteiger partial charge in [0.05, 0.1) is 18.6 Å². The average Bonchev–Trinajstić information content (AvgIpc) is 2.73. The van der Waals surface area contributed by atoms with Crippen LogP contribution >= 0.6 is 11.6 Å². The number of benzene rings is 2. The number of amides is 1. The molecule has 2 aromatic carbocycles. The number of ketones is 1. The van der Waals surface area contributed by atoms with Gasteiger partial charge in [-0.2, -0.15) is 0 Å². The summed E-state index contributed by atoms with van der Waals surface area (Å²) in [6.07, 6.45) is 1.12. The molecule has 1 heterocycles. The van der Waals surface area contributed by atoms with Crippen molar-refractivity contribution in [3.05, 3.63) is 70.2 Å². The molecular weight excluding hydrogens is 366 g/mol. The summed E-state index contributed by atoms with van der Waals surface area (Å²) in [6.45, 7) is 0.921. The molecule has 0 radical (unpaired) electrons. The molecule has 2 aromatic rings. The number of carbonyl (C=O) groups excluding carboxylic acids is 3. The molecule has 0 spiro atoms. The molecule has 5 nitrogen and oxygen atoms in total. The quantitative estimate of drug-likeness (QED) is 0.596. The summed E-state index contributed by atoms with van der Waals surface area (Å²) in [5, 5.41) is 0.546. The summed E-state index contributed by atoms with van der Waals surface area (Å²) >= 11 is 5.89. The number of hydrogen-bond donors (Lipinski definition) is 0. The molecule has 0 unspecified atom stereocenters. The van der Waals surface area contributed by atoms with E-state index in [1.165, 1.54) is 7.11 Å². The molecule has 0 aromatic heterocycles. The number of carbonyl (C=O) groups is 3. The van der Waals surface area contributed by atoms with E-state index in [9.17, 15) is 14.4 Å². The first-order chi connectivity index (χ1) is 13.0. The molecule has 1 aliphatic rings. The van der Waals surface area contributed by atoms with Crippen molar-refractivity contribution in [3.8, 4) is 0 Å². The fourth-order valence-corrected chi connectivity index (χ4v) is 3.41.